The average molecular weight is 320 g/mol. The second-order valence-electron chi connectivity index (χ2n) is 5.65. The van der Waals surface area contributed by atoms with Crippen LogP contribution in [0, 0.1) is 11.3 Å². The molecular weight excluding hydrogens is 304 g/mol. The van der Waals surface area contributed by atoms with Crippen LogP contribution in [0.4, 0.5) is 5.69 Å². The maximum absolute atomic E-state index is 12.0. The second kappa shape index (κ2) is 6.97. The van der Waals surface area contributed by atoms with Gasteiger partial charge in [0.05, 0.1) is 17.2 Å². The highest BCUT2D eigenvalue weighted by Gasteiger charge is 2.15. The Morgan fingerprint density at radius 1 is 1.08 bits per heavy atom. The van der Waals surface area contributed by atoms with Crippen LogP contribution in [0.25, 0.3) is 0 Å². The Morgan fingerprint density at radius 3 is 2.58 bits per heavy atom. The van der Waals surface area contributed by atoms with E-state index in [0.717, 1.165) is 19.3 Å². The average Bonchev–Trinajstić information content (AvgIpc) is 3.08. The summed E-state index contributed by atoms with van der Waals surface area (Å²) in [7, 11) is 0. The number of fused-ring (bicyclic) bond motifs is 1. The standard InChI is InChI=1S/C19H16N2O3/c20-11-13-4-8-17(9-5-13)21-18(22)12-24-19(23)16-7-6-14-2-1-3-15(14)10-16/h4-10H,1-3,12H2,(H,21,22). The Balaban J connectivity index is 1.53. The molecular formula is C19H16N2O3. The maximum atomic E-state index is 12.0. The Bertz CT molecular complexity index is 819. The first kappa shape index (κ1) is 15.8. The number of nitrogens with one attached hydrogen (secondary N) is 1. The zero-order chi connectivity index (χ0) is 16.9. The lowest BCUT2D eigenvalue weighted by Crippen LogP contribution is -2.21. The van der Waals surface area contributed by atoms with Crippen LogP contribution in [-0.2, 0) is 22.4 Å². The maximum Gasteiger partial charge on any atom is 0.338 e. The molecule has 2 aromatic carbocycles. The fourth-order valence-corrected chi connectivity index (χ4v) is 2.74. The van der Waals surface area contributed by atoms with Gasteiger partial charge < -0.3 is 10.1 Å². The summed E-state index contributed by atoms with van der Waals surface area (Å²) in [6, 6.07) is 14.0. The van der Waals surface area contributed by atoms with Gasteiger partial charge in [0.2, 0.25) is 0 Å². The van der Waals surface area contributed by atoms with Gasteiger partial charge in [-0.15, -0.1) is 0 Å². The third kappa shape index (κ3) is 3.61. The molecule has 0 unspecified atom stereocenters. The van der Waals surface area contributed by atoms with E-state index >= 15 is 0 Å². The van der Waals surface area contributed by atoms with Crippen LogP contribution in [0.2, 0.25) is 0 Å². The molecule has 1 amide bonds. The van der Waals surface area contributed by atoms with Crippen LogP contribution in [-0.4, -0.2) is 18.5 Å². The minimum absolute atomic E-state index is 0.351. The second-order valence-corrected chi connectivity index (χ2v) is 5.65. The Morgan fingerprint density at radius 2 is 1.83 bits per heavy atom. The quantitative estimate of drug-likeness (QED) is 0.879. The smallest absolute Gasteiger partial charge is 0.338 e. The Hall–Kier alpha value is -3.13. The molecule has 120 valence electrons. The minimum atomic E-state index is -0.500. The number of hydrogen-bond acceptors (Lipinski definition) is 4. The first-order valence-electron chi connectivity index (χ1n) is 7.74. The van der Waals surface area contributed by atoms with Gasteiger partial charge in [-0.1, -0.05) is 6.07 Å². The van der Waals surface area contributed by atoms with Gasteiger partial charge in [-0.05, 0) is 66.8 Å². The summed E-state index contributed by atoms with van der Waals surface area (Å²) in [5.41, 5.74) is 4.00. The van der Waals surface area contributed by atoms with Gasteiger partial charge in [0, 0.05) is 5.69 Å². The third-order valence-corrected chi connectivity index (χ3v) is 3.97. The number of anilines is 1. The number of benzene rings is 2. The normalized spacial score (nSPS) is 12.1. The predicted octanol–water partition coefficient (Wildman–Crippen LogP) is 2.84. The van der Waals surface area contributed by atoms with Crippen molar-refractivity contribution in [2.45, 2.75) is 19.3 Å². The Kier molecular flexibility index (Phi) is 4.57. The summed E-state index contributed by atoms with van der Waals surface area (Å²) in [5.74, 6) is -0.922. The number of nitrogens with zero attached hydrogens (tertiary/aromatic N) is 1. The zero-order valence-corrected chi connectivity index (χ0v) is 13.0. The molecule has 0 saturated carbocycles. The van der Waals surface area contributed by atoms with E-state index in [1.165, 1.54) is 11.1 Å². The molecule has 5 heteroatoms. The lowest BCUT2D eigenvalue weighted by molar-refractivity contribution is -0.119. The van der Waals surface area contributed by atoms with Crippen molar-refractivity contribution >= 4 is 17.6 Å². The lowest BCUT2D eigenvalue weighted by atomic mass is 10.1. The van der Waals surface area contributed by atoms with Crippen molar-refractivity contribution in [3.63, 3.8) is 0 Å². The summed E-state index contributed by atoms with van der Waals surface area (Å²) in [6.07, 6.45) is 3.15. The highest BCUT2D eigenvalue weighted by molar-refractivity contribution is 5.95. The fraction of sp³-hybridized carbons (Fsp3) is 0.211. The molecule has 0 bridgehead atoms. The Labute approximate surface area is 139 Å². The first-order valence-corrected chi connectivity index (χ1v) is 7.74. The molecule has 1 aliphatic rings. The summed E-state index contributed by atoms with van der Waals surface area (Å²) in [5, 5.41) is 11.3. The van der Waals surface area contributed by atoms with Crippen LogP contribution < -0.4 is 5.32 Å². The molecule has 5 nitrogen and oxygen atoms in total. The molecule has 1 aliphatic carbocycles. The molecule has 0 saturated heterocycles. The van der Waals surface area contributed by atoms with E-state index in [-0.39, 0.29) is 6.61 Å². The van der Waals surface area contributed by atoms with Crippen molar-refractivity contribution < 1.29 is 14.3 Å². The molecule has 0 atom stereocenters. The summed E-state index contributed by atoms with van der Waals surface area (Å²) in [4.78, 5) is 23.9. The zero-order valence-electron chi connectivity index (χ0n) is 13.0. The third-order valence-electron chi connectivity index (χ3n) is 3.97. The van der Waals surface area contributed by atoms with Gasteiger partial charge in [-0.2, -0.15) is 5.26 Å². The van der Waals surface area contributed by atoms with Crippen LogP contribution in [0.15, 0.2) is 42.5 Å². The van der Waals surface area contributed by atoms with Crippen LogP contribution in [0.5, 0.6) is 0 Å². The number of rotatable bonds is 4. The molecule has 0 spiro atoms. The molecule has 0 aliphatic heterocycles. The highest BCUT2D eigenvalue weighted by Crippen LogP contribution is 2.23. The van der Waals surface area contributed by atoms with Crippen molar-refractivity contribution in [1.29, 1.82) is 5.26 Å². The van der Waals surface area contributed by atoms with Gasteiger partial charge in [-0.3, -0.25) is 4.79 Å². The molecule has 1 N–H and O–H groups in total. The number of ether oxygens (including phenoxy) is 1. The summed E-state index contributed by atoms with van der Waals surface area (Å²) < 4.78 is 5.06. The number of esters is 1. The van der Waals surface area contributed by atoms with Crippen LogP contribution in [0.1, 0.15) is 33.5 Å². The molecule has 3 rings (SSSR count). The van der Waals surface area contributed by atoms with Gasteiger partial charge >= 0.3 is 5.97 Å². The van der Waals surface area contributed by atoms with E-state index in [1.807, 2.05) is 18.2 Å². The SMILES string of the molecule is N#Cc1ccc(NC(=O)COC(=O)c2ccc3c(c2)CCC3)cc1. The number of amides is 1. The summed E-state index contributed by atoms with van der Waals surface area (Å²) >= 11 is 0. The summed E-state index contributed by atoms with van der Waals surface area (Å²) in [6.45, 7) is -0.351. The van der Waals surface area contributed by atoms with E-state index in [2.05, 4.69) is 5.32 Å². The van der Waals surface area contributed by atoms with E-state index in [1.54, 1.807) is 30.3 Å². The van der Waals surface area contributed by atoms with Crippen LogP contribution >= 0.6 is 0 Å². The minimum Gasteiger partial charge on any atom is -0.452 e. The molecule has 2 aromatic rings. The van der Waals surface area contributed by atoms with Gasteiger partial charge in [0.1, 0.15) is 0 Å². The van der Waals surface area contributed by atoms with Crippen molar-refractivity contribution in [3.8, 4) is 6.07 Å². The van der Waals surface area contributed by atoms with Gasteiger partial charge in [0.15, 0.2) is 6.61 Å². The molecule has 0 heterocycles. The molecule has 0 radical (unpaired) electrons. The number of nitriles is 1. The largest absolute Gasteiger partial charge is 0.452 e. The van der Waals surface area contributed by atoms with E-state index in [9.17, 15) is 9.59 Å². The van der Waals surface area contributed by atoms with E-state index in [0.29, 0.717) is 16.8 Å². The number of carbonyl (C=O) groups is 2. The van der Waals surface area contributed by atoms with Crippen molar-refractivity contribution in [2.24, 2.45) is 0 Å². The monoisotopic (exact) mass is 320 g/mol. The van der Waals surface area contributed by atoms with Crippen molar-refractivity contribution in [2.75, 3.05) is 11.9 Å². The molecule has 24 heavy (non-hydrogen) atoms. The van der Waals surface area contributed by atoms with E-state index < -0.39 is 11.9 Å². The van der Waals surface area contributed by atoms with Crippen molar-refractivity contribution in [1.82, 2.24) is 0 Å². The number of carbonyl (C=O) groups excluding carboxylic acids is 2. The van der Waals surface area contributed by atoms with E-state index in [4.69, 9.17) is 10.00 Å². The molecule has 0 fully saturated rings. The van der Waals surface area contributed by atoms with Gasteiger partial charge in [0.25, 0.3) is 5.91 Å². The fourth-order valence-electron chi connectivity index (χ4n) is 2.74. The topological polar surface area (TPSA) is 79.2 Å². The first-order chi connectivity index (χ1) is 11.7. The highest BCUT2D eigenvalue weighted by atomic mass is 16.5. The number of hydrogen-bond donors (Lipinski definition) is 1. The van der Waals surface area contributed by atoms with Crippen LogP contribution in [0.3, 0.4) is 0 Å². The predicted molar refractivity (Wildman–Crippen MR) is 88.5 cm³/mol. The van der Waals surface area contributed by atoms with Crippen molar-refractivity contribution in [3.05, 3.63) is 64.7 Å². The number of aryl methyl sites for hydroxylation is 2. The molecule has 0 aromatic heterocycles. The lowest BCUT2D eigenvalue weighted by Gasteiger charge is -2.08. The van der Waals surface area contributed by atoms with Gasteiger partial charge in [-0.25, -0.2) is 4.79 Å².